The molecule has 5 heteroatoms. The van der Waals surface area contributed by atoms with Gasteiger partial charge in [-0.3, -0.25) is 9.69 Å². The first kappa shape index (κ1) is 27.1. The van der Waals surface area contributed by atoms with Gasteiger partial charge in [-0.15, -0.1) is 0 Å². The third-order valence-corrected chi connectivity index (χ3v) is 8.29. The van der Waals surface area contributed by atoms with Gasteiger partial charge in [-0.1, -0.05) is 31.5 Å². The maximum atomic E-state index is 12.9. The topological polar surface area (TPSA) is 49.6 Å². The lowest BCUT2D eigenvalue weighted by molar-refractivity contribution is -0.124. The third kappa shape index (κ3) is 6.86. The highest BCUT2D eigenvalue weighted by Gasteiger charge is 2.26. The SMILES string of the molecule is Cc1cc(C)c(-c2nc(CN3CCC(C(=O)CCCCN4C[C@H](C)C[C@H](C)C4)CC3)c(C)o2)c(C)c1. The number of aryl methyl sites for hydroxylation is 4. The number of benzene rings is 1. The van der Waals surface area contributed by atoms with E-state index in [2.05, 4.69) is 56.6 Å². The maximum Gasteiger partial charge on any atom is 0.227 e. The van der Waals surface area contributed by atoms with E-state index in [0.29, 0.717) is 5.78 Å². The van der Waals surface area contributed by atoms with Crippen molar-refractivity contribution in [2.24, 2.45) is 17.8 Å². The fraction of sp³-hybridized carbons (Fsp3) is 0.677. The van der Waals surface area contributed by atoms with Gasteiger partial charge >= 0.3 is 0 Å². The zero-order valence-electron chi connectivity index (χ0n) is 23.5. The molecule has 2 aromatic rings. The van der Waals surface area contributed by atoms with Crippen molar-refractivity contribution in [3.05, 3.63) is 40.3 Å². The smallest absolute Gasteiger partial charge is 0.227 e. The van der Waals surface area contributed by atoms with Gasteiger partial charge in [0.15, 0.2) is 0 Å². The maximum absolute atomic E-state index is 12.9. The van der Waals surface area contributed by atoms with E-state index in [1.54, 1.807) is 0 Å². The molecule has 2 aliphatic rings. The van der Waals surface area contributed by atoms with Crippen LogP contribution in [0.4, 0.5) is 0 Å². The molecule has 198 valence electrons. The van der Waals surface area contributed by atoms with Crippen LogP contribution in [0.1, 0.15) is 80.5 Å². The number of hydrogen-bond acceptors (Lipinski definition) is 5. The molecule has 0 amide bonds. The highest BCUT2D eigenvalue weighted by atomic mass is 16.4. The zero-order chi connectivity index (χ0) is 25.8. The van der Waals surface area contributed by atoms with Gasteiger partial charge in [0.1, 0.15) is 11.5 Å². The van der Waals surface area contributed by atoms with Crippen LogP contribution in [0.5, 0.6) is 0 Å². The standard InChI is InChI=1S/C31H47N3O2/c1-21-16-24(4)30(25(5)17-21)31-32-28(26(6)36-31)20-33-13-10-27(11-14-33)29(35)9-7-8-12-34-18-22(2)15-23(3)19-34/h16-17,22-23,27H,7-15,18-20H2,1-6H3/t22-,23+. The highest BCUT2D eigenvalue weighted by molar-refractivity contribution is 5.81. The number of likely N-dealkylation sites (tertiary alicyclic amines) is 2. The predicted octanol–water partition coefficient (Wildman–Crippen LogP) is 6.50. The van der Waals surface area contributed by atoms with Crippen LogP contribution in [0.2, 0.25) is 0 Å². The Labute approximate surface area is 218 Å². The van der Waals surface area contributed by atoms with Crippen molar-refractivity contribution in [3.8, 4) is 11.5 Å². The number of oxazole rings is 1. The van der Waals surface area contributed by atoms with Crippen molar-refractivity contribution < 1.29 is 9.21 Å². The molecule has 1 aromatic carbocycles. The average Bonchev–Trinajstić information content (AvgIpc) is 3.15. The normalized spacial score (nSPS) is 22.3. The first-order chi connectivity index (χ1) is 17.2. The second-order valence-corrected chi connectivity index (χ2v) is 12.0. The second kappa shape index (κ2) is 12.0. The summed E-state index contributed by atoms with van der Waals surface area (Å²) in [7, 11) is 0. The molecular formula is C31H47N3O2. The summed E-state index contributed by atoms with van der Waals surface area (Å²) >= 11 is 0. The molecule has 0 saturated carbocycles. The lowest BCUT2D eigenvalue weighted by Crippen LogP contribution is -2.39. The number of carbonyl (C=O) groups is 1. The molecule has 5 nitrogen and oxygen atoms in total. The average molecular weight is 494 g/mol. The first-order valence-corrected chi connectivity index (χ1v) is 14.2. The molecule has 4 rings (SSSR count). The van der Waals surface area contributed by atoms with Gasteiger partial charge in [-0.2, -0.15) is 0 Å². The van der Waals surface area contributed by atoms with Gasteiger partial charge in [0.25, 0.3) is 0 Å². The molecule has 0 radical (unpaired) electrons. The quantitative estimate of drug-likeness (QED) is 0.373. The third-order valence-electron chi connectivity index (χ3n) is 8.29. The van der Waals surface area contributed by atoms with Gasteiger partial charge in [-0.25, -0.2) is 4.98 Å². The minimum Gasteiger partial charge on any atom is -0.441 e. The molecule has 1 aromatic heterocycles. The van der Waals surface area contributed by atoms with Gasteiger partial charge in [0, 0.05) is 37.5 Å². The molecule has 2 fully saturated rings. The Balaban J connectivity index is 1.21. The highest BCUT2D eigenvalue weighted by Crippen LogP contribution is 2.30. The molecule has 3 heterocycles. The Kier molecular flexibility index (Phi) is 9.05. The molecule has 0 bridgehead atoms. The van der Waals surface area contributed by atoms with E-state index in [0.717, 1.165) is 93.0 Å². The number of hydrogen-bond donors (Lipinski definition) is 0. The van der Waals surface area contributed by atoms with Gasteiger partial charge in [-0.05, 0) is 102 Å². The van der Waals surface area contributed by atoms with E-state index < -0.39 is 0 Å². The Bertz CT molecular complexity index is 1000. The molecular weight excluding hydrogens is 446 g/mol. The van der Waals surface area contributed by atoms with Crippen molar-refractivity contribution in [1.29, 1.82) is 0 Å². The molecule has 36 heavy (non-hydrogen) atoms. The summed E-state index contributed by atoms with van der Waals surface area (Å²) in [4.78, 5) is 22.8. The monoisotopic (exact) mass is 493 g/mol. The Morgan fingerprint density at radius 2 is 1.61 bits per heavy atom. The number of piperidine rings is 2. The van der Waals surface area contributed by atoms with Crippen molar-refractivity contribution >= 4 is 5.78 Å². The summed E-state index contributed by atoms with van der Waals surface area (Å²) in [5.41, 5.74) is 5.82. The van der Waals surface area contributed by atoms with E-state index >= 15 is 0 Å². The van der Waals surface area contributed by atoms with Crippen LogP contribution in [0, 0.1) is 45.4 Å². The minimum absolute atomic E-state index is 0.239. The Hall–Kier alpha value is -1.98. The fourth-order valence-electron chi connectivity index (χ4n) is 6.64. The second-order valence-electron chi connectivity index (χ2n) is 12.0. The summed E-state index contributed by atoms with van der Waals surface area (Å²) in [5, 5.41) is 0. The molecule has 2 saturated heterocycles. The number of aromatic nitrogens is 1. The summed E-state index contributed by atoms with van der Waals surface area (Å²) < 4.78 is 6.12. The molecule has 2 aliphatic heterocycles. The molecule has 2 atom stereocenters. The molecule has 0 spiro atoms. The van der Waals surface area contributed by atoms with Crippen LogP contribution in [0.3, 0.4) is 0 Å². The van der Waals surface area contributed by atoms with Crippen molar-refractivity contribution in [2.75, 3.05) is 32.7 Å². The summed E-state index contributed by atoms with van der Waals surface area (Å²) in [6.07, 6.45) is 6.25. The van der Waals surface area contributed by atoms with Crippen LogP contribution in [0.15, 0.2) is 16.5 Å². The largest absolute Gasteiger partial charge is 0.441 e. The Morgan fingerprint density at radius 3 is 2.25 bits per heavy atom. The number of nitrogens with zero attached hydrogens (tertiary/aromatic N) is 3. The molecule has 0 unspecified atom stereocenters. The van der Waals surface area contributed by atoms with Crippen molar-refractivity contribution in [3.63, 3.8) is 0 Å². The van der Waals surface area contributed by atoms with Crippen LogP contribution in [-0.2, 0) is 11.3 Å². The summed E-state index contributed by atoms with van der Waals surface area (Å²) in [6.45, 7) is 19.5. The number of rotatable bonds is 9. The molecule has 0 N–H and O–H groups in total. The number of Topliss-reactive ketones (excluding diaryl/α,β-unsaturated/α-hetero) is 1. The van der Waals surface area contributed by atoms with Gasteiger partial charge < -0.3 is 9.32 Å². The van der Waals surface area contributed by atoms with Gasteiger partial charge in [0.05, 0.1) is 5.69 Å². The van der Waals surface area contributed by atoms with Crippen LogP contribution in [0.25, 0.3) is 11.5 Å². The first-order valence-electron chi connectivity index (χ1n) is 14.2. The molecule has 0 aliphatic carbocycles. The van der Waals surface area contributed by atoms with E-state index in [4.69, 9.17) is 9.40 Å². The van der Waals surface area contributed by atoms with E-state index in [9.17, 15) is 4.79 Å². The lowest BCUT2D eigenvalue weighted by atomic mass is 9.89. The van der Waals surface area contributed by atoms with E-state index in [1.807, 2.05) is 6.92 Å². The van der Waals surface area contributed by atoms with Crippen LogP contribution >= 0.6 is 0 Å². The van der Waals surface area contributed by atoms with Crippen LogP contribution < -0.4 is 0 Å². The van der Waals surface area contributed by atoms with Gasteiger partial charge in [0.2, 0.25) is 5.89 Å². The van der Waals surface area contributed by atoms with Crippen molar-refractivity contribution in [2.45, 2.75) is 86.6 Å². The zero-order valence-corrected chi connectivity index (χ0v) is 23.5. The van der Waals surface area contributed by atoms with E-state index in [-0.39, 0.29) is 5.92 Å². The van der Waals surface area contributed by atoms with Crippen LogP contribution in [-0.4, -0.2) is 53.3 Å². The number of ketones is 1. The predicted molar refractivity (Wildman–Crippen MR) is 147 cm³/mol. The number of unbranched alkanes of at least 4 members (excludes halogenated alkanes) is 1. The Morgan fingerprint density at radius 1 is 0.972 bits per heavy atom. The lowest BCUT2D eigenvalue weighted by Gasteiger charge is -2.35. The van der Waals surface area contributed by atoms with E-state index in [1.165, 1.54) is 36.2 Å². The number of carbonyl (C=O) groups excluding carboxylic acids is 1. The minimum atomic E-state index is 0.239. The van der Waals surface area contributed by atoms with Crippen molar-refractivity contribution in [1.82, 2.24) is 14.8 Å². The fourth-order valence-corrected chi connectivity index (χ4v) is 6.64. The summed E-state index contributed by atoms with van der Waals surface area (Å²) in [6, 6.07) is 4.38. The summed E-state index contributed by atoms with van der Waals surface area (Å²) in [5.74, 6) is 3.98.